The summed E-state index contributed by atoms with van der Waals surface area (Å²) in [7, 11) is 2.12. The Kier molecular flexibility index (Phi) is 4.03. The van der Waals surface area contributed by atoms with E-state index in [-0.39, 0.29) is 0 Å². The highest BCUT2D eigenvalue weighted by Gasteiger charge is 2.07. The topological polar surface area (TPSA) is 3.24 Å². The number of unbranched alkanes of at least 4 members (excludes halogenated alkanes) is 1. The van der Waals surface area contributed by atoms with Gasteiger partial charge in [0.25, 0.3) is 0 Å². The molecule has 0 saturated carbocycles. The SMILES string of the molecule is C=C(c1cccc2ccccc12)N(C)CCCC. The van der Waals surface area contributed by atoms with E-state index in [1.54, 1.807) is 0 Å². The fourth-order valence-electron chi connectivity index (χ4n) is 2.21. The third-order valence-electron chi connectivity index (χ3n) is 3.41. The van der Waals surface area contributed by atoms with Crippen molar-refractivity contribution >= 4 is 16.5 Å². The number of rotatable bonds is 5. The Labute approximate surface area is 110 Å². The van der Waals surface area contributed by atoms with Crippen LogP contribution in [-0.4, -0.2) is 18.5 Å². The van der Waals surface area contributed by atoms with Crippen LogP contribution in [0.2, 0.25) is 0 Å². The fourth-order valence-corrected chi connectivity index (χ4v) is 2.21. The Morgan fingerprint density at radius 3 is 2.61 bits per heavy atom. The molecule has 0 amide bonds. The number of fused-ring (bicyclic) bond motifs is 1. The molecule has 0 aromatic heterocycles. The van der Waals surface area contributed by atoms with Crippen molar-refractivity contribution < 1.29 is 0 Å². The molecule has 1 nitrogen and oxygen atoms in total. The Morgan fingerprint density at radius 1 is 1.11 bits per heavy atom. The molecule has 0 fully saturated rings. The Bertz CT molecular complexity index is 537. The average Bonchev–Trinajstić information content (AvgIpc) is 2.43. The van der Waals surface area contributed by atoms with Crippen LogP contribution >= 0.6 is 0 Å². The van der Waals surface area contributed by atoms with Crippen LogP contribution in [-0.2, 0) is 0 Å². The summed E-state index contributed by atoms with van der Waals surface area (Å²) in [5.74, 6) is 0. The second kappa shape index (κ2) is 5.72. The van der Waals surface area contributed by atoms with Gasteiger partial charge in [0, 0.05) is 24.9 Å². The van der Waals surface area contributed by atoms with E-state index in [1.807, 2.05) is 0 Å². The van der Waals surface area contributed by atoms with Crippen LogP contribution in [0.4, 0.5) is 0 Å². The Morgan fingerprint density at radius 2 is 1.83 bits per heavy atom. The molecule has 0 saturated heterocycles. The summed E-state index contributed by atoms with van der Waals surface area (Å²) in [5.41, 5.74) is 2.35. The highest BCUT2D eigenvalue weighted by atomic mass is 15.1. The molecule has 0 radical (unpaired) electrons. The zero-order chi connectivity index (χ0) is 13.0. The summed E-state index contributed by atoms with van der Waals surface area (Å²) < 4.78 is 0. The minimum Gasteiger partial charge on any atom is -0.375 e. The molecule has 0 aliphatic rings. The van der Waals surface area contributed by atoms with Crippen molar-refractivity contribution in [2.75, 3.05) is 13.6 Å². The molecule has 18 heavy (non-hydrogen) atoms. The van der Waals surface area contributed by atoms with Crippen molar-refractivity contribution in [2.24, 2.45) is 0 Å². The first-order valence-electron chi connectivity index (χ1n) is 6.62. The largest absolute Gasteiger partial charge is 0.375 e. The minimum atomic E-state index is 1.07. The van der Waals surface area contributed by atoms with Crippen LogP contribution in [0.15, 0.2) is 49.0 Å². The predicted molar refractivity (Wildman–Crippen MR) is 80.5 cm³/mol. The molecule has 2 rings (SSSR count). The lowest BCUT2D eigenvalue weighted by Crippen LogP contribution is -2.17. The number of benzene rings is 2. The lowest BCUT2D eigenvalue weighted by Gasteiger charge is -2.22. The lowest BCUT2D eigenvalue weighted by molar-refractivity contribution is 0.464. The number of hydrogen-bond acceptors (Lipinski definition) is 1. The minimum absolute atomic E-state index is 1.07. The van der Waals surface area contributed by atoms with E-state index in [2.05, 4.69) is 67.9 Å². The summed E-state index contributed by atoms with van der Waals surface area (Å²) in [6.07, 6.45) is 2.42. The van der Waals surface area contributed by atoms with E-state index in [9.17, 15) is 0 Å². The standard InChI is InChI=1S/C17H21N/c1-4-5-13-18(3)14(2)16-12-8-10-15-9-6-7-11-17(15)16/h6-12H,2,4-5,13H2,1,3H3. The van der Waals surface area contributed by atoms with Crippen molar-refractivity contribution in [3.05, 3.63) is 54.6 Å². The maximum absolute atomic E-state index is 4.25. The van der Waals surface area contributed by atoms with Gasteiger partial charge in [0.05, 0.1) is 0 Å². The monoisotopic (exact) mass is 239 g/mol. The third-order valence-corrected chi connectivity index (χ3v) is 3.41. The molecule has 0 N–H and O–H groups in total. The smallest absolute Gasteiger partial charge is 0.0370 e. The maximum atomic E-state index is 4.25. The molecule has 0 aliphatic heterocycles. The van der Waals surface area contributed by atoms with Gasteiger partial charge in [-0.3, -0.25) is 0 Å². The van der Waals surface area contributed by atoms with Crippen molar-refractivity contribution in [3.63, 3.8) is 0 Å². The molecule has 0 heterocycles. The molecule has 0 unspecified atom stereocenters. The van der Waals surface area contributed by atoms with Gasteiger partial charge in [-0.25, -0.2) is 0 Å². The van der Waals surface area contributed by atoms with E-state index in [4.69, 9.17) is 0 Å². The first-order valence-corrected chi connectivity index (χ1v) is 6.62. The van der Waals surface area contributed by atoms with Crippen LogP contribution in [0, 0.1) is 0 Å². The van der Waals surface area contributed by atoms with E-state index in [1.165, 1.54) is 29.2 Å². The Balaban J connectivity index is 2.33. The van der Waals surface area contributed by atoms with Crippen molar-refractivity contribution in [1.29, 1.82) is 0 Å². The van der Waals surface area contributed by atoms with Gasteiger partial charge in [-0.05, 0) is 17.2 Å². The molecule has 2 aromatic rings. The molecule has 94 valence electrons. The van der Waals surface area contributed by atoms with Crippen LogP contribution in [0.1, 0.15) is 25.3 Å². The van der Waals surface area contributed by atoms with E-state index >= 15 is 0 Å². The molecule has 0 spiro atoms. The summed E-state index contributed by atoms with van der Waals surface area (Å²) in [4.78, 5) is 2.26. The highest BCUT2D eigenvalue weighted by molar-refractivity contribution is 5.93. The normalized spacial score (nSPS) is 10.6. The van der Waals surface area contributed by atoms with Crippen LogP contribution in [0.5, 0.6) is 0 Å². The first kappa shape index (κ1) is 12.7. The zero-order valence-corrected chi connectivity index (χ0v) is 11.3. The Hall–Kier alpha value is -1.76. The molecular weight excluding hydrogens is 218 g/mol. The van der Waals surface area contributed by atoms with Gasteiger partial charge in [-0.2, -0.15) is 0 Å². The predicted octanol–water partition coefficient (Wildman–Crippen LogP) is 4.54. The van der Waals surface area contributed by atoms with Gasteiger partial charge in [-0.1, -0.05) is 62.4 Å². The first-order chi connectivity index (χ1) is 8.74. The highest BCUT2D eigenvalue weighted by Crippen LogP contribution is 2.25. The number of hydrogen-bond donors (Lipinski definition) is 0. The maximum Gasteiger partial charge on any atom is 0.0370 e. The fraction of sp³-hybridized carbons (Fsp3) is 0.294. The summed E-state index contributed by atoms with van der Waals surface area (Å²) in [6.45, 7) is 7.54. The summed E-state index contributed by atoms with van der Waals surface area (Å²) in [5, 5.41) is 2.56. The molecular formula is C17H21N. The van der Waals surface area contributed by atoms with Gasteiger partial charge in [0.15, 0.2) is 0 Å². The number of nitrogens with zero attached hydrogens (tertiary/aromatic N) is 1. The third kappa shape index (κ3) is 2.56. The molecule has 0 atom stereocenters. The van der Waals surface area contributed by atoms with Crippen LogP contribution in [0.3, 0.4) is 0 Å². The van der Waals surface area contributed by atoms with Gasteiger partial charge in [-0.15, -0.1) is 0 Å². The van der Waals surface area contributed by atoms with E-state index < -0.39 is 0 Å². The quantitative estimate of drug-likeness (QED) is 0.740. The van der Waals surface area contributed by atoms with E-state index in [0.29, 0.717) is 0 Å². The molecule has 2 aromatic carbocycles. The molecule has 1 heteroatoms. The van der Waals surface area contributed by atoms with Gasteiger partial charge in [0.2, 0.25) is 0 Å². The van der Waals surface area contributed by atoms with Crippen molar-refractivity contribution in [2.45, 2.75) is 19.8 Å². The van der Waals surface area contributed by atoms with Crippen molar-refractivity contribution in [1.82, 2.24) is 4.90 Å². The average molecular weight is 239 g/mol. The summed E-state index contributed by atoms with van der Waals surface area (Å²) >= 11 is 0. The second-order valence-corrected chi connectivity index (χ2v) is 4.75. The van der Waals surface area contributed by atoms with Crippen LogP contribution in [0.25, 0.3) is 16.5 Å². The molecule has 0 aliphatic carbocycles. The second-order valence-electron chi connectivity index (χ2n) is 4.75. The zero-order valence-electron chi connectivity index (χ0n) is 11.3. The molecule has 0 bridgehead atoms. The van der Waals surface area contributed by atoms with Gasteiger partial charge < -0.3 is 4.90 Å². The van der Waals surface area contributed by atoms with Gasteiger partial charge in [0.1, 0.15) is 0 Å². The van der Waals surface area contributed by atoms with E-state index in [0.717, 1.165) is 12.2 Å². The van der Waals surface area contributed by atoms with Gasteiger partial charge >= 0.3 is 0 Å². The van der Waals surface area contributed by atoms with Crippen molar-refractivity contribution in [3.8, 4) is 0 Å². The lowest BCUT2D eigenvalue weighted by atomic mass is 10.0. The summed E-state index contributed by atoms with van der Waals surface area (Å²) in [6, 6.07) is 14.9. The van der Waals surface area contributed by atoms with Crippen LogP contribution < -0.4 is 0 Å².